The molecule has 4 atom stereocenters. The molecule has 0 saturated heterocycles. The van der Waals surface area contributed by atoms with Crippen LogP contribution in [-0.2, 0) is 25.6 Å². The van der Waals surface area contributed by atoms with Crippen LogP contribution in [0, 0.1) is 0 Å². The third-order valence-corrected chi connectivity index (χ3v) is 4.46. The monoisotopic (exact) mass is 442 g/mol. The molecule has 0 radical (unpaired) electrons. The van der Waals surface area contributed by atoms with Gasteiger partial charge in [-0.3, -0.25) is 14.4 Å². The van der Waals surface area contributed by atoms with Crippen LogP contribution < -0.4 is 21.7 Å². The first kappa shape index (κ1) is 25.2. The van der Waals surface area contributed by atoms with Gasteiger partial charge in [-0.05, 0) is 24.6 Å². The number of aliphatic hydroxyl groups is 1. The molecule has 0 saturated carbocycles. The third-order valence-electron chi connectivity index (χ3n) is 4.09. The fourth-order valence-corrected chi connectivity index (χ4v) is 2.55. The lowest BCUT2D eigenvalue weighted by Gasteiger charge is -2.23. The number of thiol groups is 1. The minimum atomic E-state index is -1.27. The zero-order valence-electron chi connectivity index (χ0n) is 16.2. The van der Waals surface area contributed by atoms with E-state index in [9.17, 15) is 24.3 Å². The van der Waals surface area contributed by atoms with Crippen molar-refractivity contribution < 1.29 is 34.5 Å². The summed E-state index contributed by atoms with van der Waals surface area (Å²) in [5.74, 6) is -3.62. The molecule has 166 valence electrons. The van der Waals surface area contributed by atoms with E-state index in [-0.39, 0.29) is 17.9 Å². The molecule has 12 heteroatoms. The van der Waals surface area contributed by atoms with E-state index in [1.165, 1.54) is 19.1 Å². The molecule has 30 heavy (non-hydrogen) atoms. The van der Waals surface area contributed by atoms with Gasteiger partial charge in [0.1, 0.15) is 29.9 Å². The first-order valence-corrected chi connectivity index (χ1v) is 9.61. The maximum atomic E-state index is 12.7. The second-order valence-electron chi connectivity index (χ2n) is 6.53. The Balaban J connectivity index is 2.89. The number of hydrogen-bond donors (Lipinski definition) is 8. The standard InChI is InChI=1S/C18H26N4O7S/c1-9(15(25)22-14(8-30)18(28)29)20-17(27)13(21-16(26)12(19)7-23)6-10-2-4-11(24)5-3-10/h2-5,9,12-14,23-24,30H,6-8,19H2,1H3,(H,20,27)(H,21,26)(H,22,25)(H,28,29). The normalized spacial score (nSPS) is 14.7. The van der Waals surface area contributed by atoms with Gasteiger partial charge in [0.25, 0.3) is 0 Å². The van der Waals surface area contributed by atoms with Gasteiger partial charge in [-0.25, -0.2) is 4.79 Å². The van der Waals surface area contributed by atoms with Crippen LogP contribution in [0.15, 0.2) is 24.3 Å². The van der Waals surface area contributed by atoms with Crippen LogP contribution in [0.4, 0.5) is 0 Å². The Hall–Kier alpha value is -2.83. The highest BCUT2D eigenvalue weighted by molar-refractivity contribution is 7.80. The molecule has 0 aliphatic heterocycles. The van der Waals surface area contributed by atoms with E-state index in [1.807, 2.05) is 0 Å². The maximum absolute atomic E-state index is 12.7. The fraction of sp³-hybridized carbons (Fsp3) is 0.444. The summed E-state index contributed by atoms with van der Waals surface area (Å²) in [4.78, 5) is 47.9. The minimum Gasteiger partial charge on any atom is -0.508 e. The highest BCUT2D eigenvalue weighted by Gasteiger charge is 2.28. The first-order valence-electron chi connectivity index (χ1n) is 8.98. The third kappa shape index (κ3) is 7.89. The number of benzene rings is 1. The highest BCUT2D eigenvalue weighted by Crippen LogP contribution is 2.11. The molecule has 0 fully saturated rings. The lowest BCUT2D eigenvalue weighted by molar-refractivity contribution is -0.141. The van der Waals surface area contributed by atoms with Gasteiger partial charge in [-0.1, -0.05) is 12.1 Å². The van der Waals surface area contributed by atoms with Gasteiger partial charge in [0, 0.05) is 12.2 Å². The van der Waals surface area contributed by atoms with Crippen LogP contribution in [0.1, 0.15) is 12.5 Å². The topological polar surface area (TPSA) is 191 Å². The fourth-order valence-electron chi connectivity index (χ4n) is 2.30. The van der Waals surface area contributed by atoms with E-state index in [0.29, 0.717) is 5.56 Å². The number of carboxylic acid groups (broad SMARTS) is 1. The predicted molar refractivity (Wildman–Crippen MR) is 110 cm³/mol. The van der Waals surface area contributed by atoms with Crippen molar-refractivity contribution in [3.8, 4) is 5.75 Å². The average Bonchev–Trinajstić information content (AvgIpc) is 2.71. The van der Waals surface area contributed by atoms with Gasteiger partial charge in [0.15, 0.2) is 0 Å². The van der Waals surface area contributed by atoms with Gasteiger partial charge in [0.2, 0.25) is 17.7 Å². The Morgan fingerprint density at radius 3 is 2.07 bits per heavy atom. The molecule has 8 N–H and O–H groups in total. The van der Waals surface area contributed by atoms with Crippen molar-refractivity contribution in [3.63, 3.8) is 0 Å². The summed E-state index contributed by atoms with van der Waals surface area (Å²) in [6.45, 7) is 0.724. The van der Waals surface area contributed by atoms with Gasteiger partial charge in [-0.15, -0.1) is 0 Å². The molecule has 1 rings (SSSR count). The second-order valence-corrected chi connectivity index (χ2v) is 6.90. The summed E-state index contributed by atoms with van der Waals surface area (Å²) in [6.07, 6.45) is 0.0126. The van der Waals surface area contributed by atoms with Crippen LogP contribution in [-0.4, -0.2) is 75.5 Å². The van der Waals surface area contributed by atoms with Crippen LogP contribution in [0.5, 0.6) is 5.75 Å². The Morgan fingerprint density at radius 1 is 1.00 bits per heavy atom. The lowest BCUT2D eigenvalue weighted by atomic mass is 10.0. The van der Waals surface area contributed by atoms with Crippen LogP contribution in [0.3, 0.4) is 0 Å². The van der Waals surface area contributed by atoms with E-state index in [1.54, 1.807) is 12.1 Å². The number of aliphatic hydroxyl groups excluding tert-OH is 1. The number of phenolic OH excluding ortho intramolecular Hbond substituents is 1. The molecule has 0 aliphatic rings. The van der Waals surface area contributed by atoms with Gasteiger partial charge in [0.05, 0.1) is 6.61 Å². The molecule has 0 aromatic heterocycles. The van der Waals surface area contributed by atoms with E-state index in [2.05, 4.69) is 28.6 Å². The zero-order valence-corrected chi connectivity index (χ0v) is 17.1. The number of phenols is 1. The summed E-state index contributed by atoms with van der Waals surface area (Å²) in [5, 5.41) is 34.4. The quantitative estimate of drug-likeness (QED) is 0.176. The Kier molecular flexibility index (Phi) is 10.1. The number of carbonyl (C=O) groups is 4. The zero-order chi connectivity index (χ0) is 22.8. The molecule has 0 heterocycles. The van der Waals surface area contributed by atoms with E-state index >= 15 is 0 Å². The average molecular weight is 442 g/mol. The molecule has 3 amide bonds. The largest absolute Gasteiger partial charge is 0.508 e. The SMILES string of the molecule is CC(NC(=O)C(Cc1ccc(O)cc1)NC(=O)C(N)CO)C(=O)NC(CS)C(=O)O. The smallest absolute Gasteiger partial charge is 0.327 e. The van der Waals surface area contributed by atoms with E-state index in [4.69, 9.17) is 15.9 Å². The van der Waals surface area contributed by atoms with E-state index in [0.717, 1.165) is 0 Å². The molecule has 0 aliphatic carbocycles. The van der Waals surface area contributed by atoms with Crippen LogP contribution in [0.2, 0.25) is 0 Å². The number of aliphatic carboxylic acids is 1. The Bertz CT molecular complexity index is 759. The van der Waals surface area contributed by atoms with Gasteiger partial charge in [-0.2, -0.15) is 12.6 Å². The molecule has 0 spiro atoms. The molecule has 11 nitrogen and oxygen atoms in total. The maximum Gasteiger partial charge on any atom is 0.327 e. The summed E-state index contributed by atoms with van der Waals surface area (Å²) in [6, 6.07) is 1.20. The molecule has 4 unspecified atom stereocenters. The van der Waals surface area contributed by atoms with Crippen molar-refractivity contribution in [2.45, 2.75) is 37.5 Å². The van der Waals surface area contributed by atoms with Crippen LogP contribution in [0.25, 0.3) is 0 Å². The molecular weight excluding hydrogens is 416 g/mol. The number of hydrogen-bond acceptors (Lipinski definition) is 8. The summed E-state index contributed by atoms with van der Waals surface area (Å²) in [7, 11) is 0. The summed E-state index contributed by atoms with van der Waals surface area (Å²) >= 11 is 3.85. The van der Waals surface area contributed by atoms with Gasteiger partial charge < -0.3 is 37.0 Å². The molecular formula is C18H26N4O7S. The summed E-state index contributed by atoms with van der Waals surface area (Å²) < 4.78 is 0. The van der Waals surface area contributed by atoms with Crippen LogP contribution >= 0.6 is 12.6 Å². The number of nitrogens with two attached hydrogens (primary N) is 1. The Labute approximate surface area is 178 Å². The van der Waals surface area contributed by atoms with E-state index < -0.39 is 54.5 Å². The van der Waals surface area contributed by atoms with Crippen molar-refractivity contribution in [2.75, 3.05) is 12.4 Å². The van der Waals surface area contributed by atoms with Gasteiger partial charge >= 0.3 is 5.97 Å². The minimum absolute atomic E-state index is 0.0126. The number of nitrogens with one attached hydrogen (secondary N) is 3. The van der Waals surface area contributed by atoms with Crippen molar-refractivity contribution in [3.05, 3.63) is 29.8 Å². The second kappa shape index (κ2) is 12.0. The molecule has 1 aromatic carbocycles. The lowest BCUT2D eigenvalue weighted by Crippen LogP contribution is -2.57. The van der Waals surface area contributed by atoms with Crippen molar-refractivity contribution in [1.82, 2.24) is 16.0 Å². The molecule has 0 bridgehead atoms. The first-order chi connectivity index (χ1) is 14.1. The summed E-state index contributed by atoms with van der Waals surface area (Å²) in [5.41, 5.74) is 6.07. The highest BCUT2D eigenvalue weighted by atomic mass is 32.1. The van der Waals surface area contributed by atoms with Crippen molar-refractivity contribution in [1.29, 1.82) is 0 Å². The molecule has 1 aromatic rings. The number of aromatic hydroxyl groups is 1. The number of amides is 3. The number of carbonyl (C=O) groups excluding carboxylic acids is 3. The Morgan fingerprint density at radius 2 is 1.57 bits per heavy atom. The van der Waals surface area contributed by atoms with Crippen molar-refractivity contribution >= 4 is 36.3 Å². The predicted octanol–water partition coefficient (Wildman–Crippen LogP) is -2.26. The van der Waals surface area contributed by atoms with Crippen molar-refractivity contribution in [2.24, 2.45) is 5.73 Å². The number of rotatable bonds is 11. The number of carboxylic acids is 1.